The molecule has 4 heteroatoms. The molecule has 0 N–H and O–H groups in total. The highest BCUT2D eigenvalue weighted by Crippen LogP contribution is 2.40. The molecule has 0 atom stereocenters. The Labute approximate surface area is 149 Å². The predicted octanol–water partition coefficient (Wildman–Crippen LogP) is 5.44. The van der Waals surface area contributed by atoms with Gasteiger partial charge in [0, 0.05) is 6.42 Å². The Balaban J connectivity index is 2.82. The number of allylic oxidation sites excluding steroid dienone is 3. The molecule has 0 spiro atoms. The van der Waals surface area contributed by atoms with E-state index in [-0.39, 0.29) is 24.1 Å². The molecule has 1 rings (SSSR count). The molecule has 0 saturated carbocycles. The number of rotatable bonds is 10. The second kappa shape index (κ2) is 9.01. The van der Waals surface area contributed by atoms with Crippen LogP contribution in [0.5, 0.6) is 0 Å². The van der Waals surface area contributed by atoms with Crippen molar-refractivity contribution in [2.24, 2.45) is 0 Å². The van der Waals surface area contributed by atoms with E-state index < -0.39 is 0 Å². The van der Waals surface area contributed by atoms with Gasteiger partial charge in [-0.05, 0) is 59.4 Å². The number of hydrogen-bond donors (Lipinski definition) is 0. The highest BCUT2D eigenvalue weighted by Gasteiger charge is 2.52. The zero-order valence-electron chi connectivity index (χ0n) is 16.5. The molecule has 1 heterocycles. The minimum absolute atomic E-state index is 0.202. The maximum absolute atomic E-state index is 11.3. The number of hydrogen-bond acceptors (Lipinski definition) is 3. The first-order valence-electron chi connectivity index (χ1n) is 9.34. The molecule has 0 amide bonds. The maximum Gasteiger partial charge on any atom is 0.494 e. The summed E-state index contributed by atoms with van der Waals surface area (Å²) in [5, 5.41) is 0. The Bertz CT molecular complexity index is 461. The van der Waals surface area contributed by atoms with Gasteiger partial charge in [-0.25, -0.2) is 0 Å². The van der Waals surface area contributed by atoms with E-state index in [9.17, 15) is 4.79 Å². The summed E-state index contributed by atoms with van der Waals surface area (Å²) in [6.07, 6.45) is 9.14. The summed E-state index contributed by atoms with van der Waals surface area (Å²) in [5.41, 5.74) is 1.37. The van der Waals surface area contributed by atoms with Crippen LogP contribution in [-0.4, -0.2) is 24.1 Å². The van der Waals surface area contributed by atoms with E-state index in [1.54, 1.807) is 6.92 Å². The van der Waals surface area contributed by atoms with Crippen molar-refractivity contribution in [1.82, 2.24) is 0 Å². The van der Waals surface area contributed by atoms with Crippen molar-refractivity contribution in [3.63, 3.8) is 0 Å². The van der Waals surface area contributed by atoms with Crippen LogP contribution >= 0.6 is 0 Å². The topological polar surface area (TPSA) is 35.5 Å². The molecule has 24 heavy (non-hydrogen) atoms. The van der Waals surface area contributed by atoms with Gasteiger partial charge in [-0.1, -0.05) is 44.4 Å². The van der Waals surface area contributed by atoms with Crippen LogP contribution in [0.4, 0.5) is 0 Å². The third-order valence-corrected chi connectivity index (χ3v) is 5.11. The number of ketones is 1. The smallest absolute Gasteiger partial charge is 0.399 e. The van der Waals surface area contributed by atoms with Crippen LogP contribution in [0, 0.1) is 0 Å². The Hall–Kier alpha value is -0.865. The summed E-state index contributed by atoms with van der Waals surface area (Å²) >= 11 is 0. The molecule has 1 aliphatic rings. The van der Waals surface area contributed by atoms with E-state index in [4.69, 9.17) is 9.31 Å². The number of carbonyl (C=O) groups excluding carboxylic acids is 1. The monoisotopic (exact) mass is 334 g/mol. The van der Waals surface area contributed by atoms with Crippen LogP contribution in [0.1, 0.15) is 86.5 Å². The van der Waals surface area contributed by atoms with Crippen molar-refractivity contribution in [2.45, 2.75) is 97.7 Å². The average Bonchev–Trinajstić information content (AvgIpc) is 2.67. The molecule has 0 unspecified atom stereocenters. The van der Waals surface area contributed by atoms with Crippen LogP contribution in [0.25, 0.3) is 0 Å². The highest BCUT2D eigenvalue weighted by atomic mass is 16.7. The van der Waals surface area contributed by atoms with Gasteiger partial charge >= 0.3 is 7.12 Å². The van der Waals surface area contributed by atoms with Crippen molar-refractivity contribution < 1.29 is 14.1 Å². The first-order valence-corrected chi connectivity index (χ1v) is 9.34. The SMILES string of the molecule is C=C(CCCCCC)/C(=C/CCC(C)=O)B1OC(C)(C)C(C)(C)O1. The van der Waals surface area contributed by atoms with E-state index in [1.807, 2.05) is 0 Å². The maximum atomic E-state index is 11.3. The molecular formula is C20H35BO3. The van der Waals surface area contributed by atoms with Crippen LogP contribution in [0.3, 0.4) is 0 Å². The van der Waals surface area contributed by atoms with Crippen LogP contribution in [0.2, 0.25) is 0 Å². The molecule has 1 aliphatic heterocycles. The summed E-state index contributed by atoms with van der Waals surface area (Å²) in [6, 6.07) is 0. The lowest BCUT2D eigenvalue weighted by molar-refractivity contribution is -0.116. The number of carbonyl (C=O) groups is 1. The third kappa shape index (κ3) is 5.89. The summed E-state index contributed by atoms with van der Waals surface area (Å²) in [5.74, 6) is 0.202. The molecule has 0 aromatic rings. The largest absolute Gasteiger partial charge is 0.494 e. The first-order chi connectivity index (χ1) is 11.1. The molecule has 1 fully saturated rings. The van der Waals surface area contributed by atoms with Gasteiger partial charge in [-0.15, -0.1) is 0 Å². The lowest BCUT2D eigenvalue weighted by Crippen LogP contribution is -2.41. The highest BCUT2D eigenvalue weighted by molar-refractivity contribution is 6.56. The Morgan fingerprint density at radius 1 is 1.04 bits per heavy atom. The van der Waals surface area contributed by atoms with Gasteiger partial charge in [-0.3, -0.25) is 0 Å². The zero-order valence-corrected chi connectivity index (χ0v) is 16.5. The van der Waals surface area contributed by atoms with Gasteiger partial charge in [0.1, 0.15) is 5.78 Å². The second-order valence-corrected chi connectivity index (χ2v) is 7.90. The normalized spacial score (nSPS) is 19.6. The molecule has 0 radical (unpaired) electrons. The number of unbranched alkanes of at least 4 members (excludes halogenated alkanes) is 3. The fraction of sp³-hybridized carbons (Fsp3) is 0.750. The molecule has 0 bridgehead atoms. The Kier molecular flexibility index (Phi) is 7.95. The summed E-state index contributed by atoms with van der Waals surface area (Å²) in [6.45, 7) is 16.4. The summed E-state index contributed by atoms with van der Waals surface area (Å²) in [4.78, 5) is 11.3. The number of Topliss-reactive ketones (excluding diaryl/α,β-unsaturated/α-hetero) is 1. The summed E-state index contributed by atoms with van der Waals surface area (Å²) < 4.78 is 12.4. The van der Waals surface area contributed by atoms with Gasteiger partial charge in [0.2, 0.25) is 0 Å². The fourth-order valence-electron chi connectivity index (χ4n) is 2.72. The molecule has 0 aromatic carbocycles. The third-order valence-electron chi connectivity index (χ3n) is 5.11. The molecule has 3 nitrogen and oxygen atoms in total. The van der Waals surface area contributed by atoms with Crippen molar-refractivity contribution in [1.29, 1.82) is 0 Å². The lowest BCUT2D eigenvalue weighted by Gasteiger charge is -2.32. The van der Waals surface area contributed by atoms with E-state index >= 15 is 0 Å². The van der Waals surface area contributed by atoms with Gasteiger partial charge < -0.3 is 14.1 Å². The molecule has 1 saturated heterocycles. The first kappa shape index (κ1) is 21.2. The minimum Gasteiger partial charge on any atom is -0.399 e. The van der Waals surface area contributed by atoms with Crippen LogP contribution in [-0.2, 0) is 14.1 Å². The van der Waals surface area contributed by atoms with Gasteiger partial charge in [-0.2, -0.15) is 0 Å². The average molecular weight is 334 g/mol. The summed E-state index contributed by atoms with van der Waals surface area (Å²) in [7, 11) is -0.388. The second-order valence-electron chi connectivity index (χ2n) is 7.90. The lowest BCUT2D eigenvalue weighted by atomic mass is 9.72. The van der Waals surface area contributed by atoms with E-state index in [0.29, 0.717) is 12.8 Å². The van der Waals surface area contributed by atoms with Crippen LogP contribution in [0.15, 0.2) is 23.7 Å². The Morgan fingerprint density at radius 2 is 1.62 bits per heavy atom. The van der Waals surface area contributed by atoms with Crippen molar-refractivity contribution >= 4 is 12.9 Å². The molecular weight excluding hydrogens is 299 g/mol. The van der Waals surface area contributed by atoms with Crippen LogP contribution < -0.4 is 0 Å². The Morgan fingerprint density at radius 3 is 2.12 bits per heavy atom. The standard InChI is InChI=1S/C20H35BO3/c1-8-9-10-11-13-16(2)18(15-12-14-17(3)22)21-23-19(4,5)20(6,7)24-21/h15H,2,8-14H2,1,3-7H3/b18-15-. The molecule has 0 aliphatic carbocycles. The minimum atomic E-state index is -0.388. The predicted molar refractivity (Wildman–Crippen MR) is 102 cm³/mol. The van der Waals surface area contributed by atoms with Crippen molar-refractivity contribution in [3.8, 4) is 0 Å². The van der Waals surface area contributed by atoms with Crippen molar-refractivity contribution in [2.75, 3.05) is 0 Å². The van der Waals surface area contributed by atoms with E-state index in [0.717, 1.165) is 23.9 Å². The van der Waals surface area contributed by atoms with Crippen molar-refractivity contribution in [3.05, 3.63) is 23.7 Å². The zero-order chi connectivity index (χ0) is 18.4. The fourth-order valence-corrected chi connectivity index (χ4v) is 2.72. The van der Waals surface area contributed by atoms with E-state index in [1.165, 1.54) is 19.3 Å². The quantitative estimate of drug-likeness (QED) is 0.303. The van der Waals surface area contributed by atoms with Gasteiger partial charge in [0.05, 0.1) is 11.2 Å². The molecule has 136 valence electrons. The van der Waals surface area contributed by atoms with Gasteiger partial charge in [0.15, 0.2) is 0 Å². The molecule has 0 aromatic heterocycles. The van der Waals surface area contributed by atoms with Gasteiger partial charge in [0.25, 0.3) is 0 Å². The van der Waals surface area contributed by atoms with E-state index in [2.05, 4.69) is 47.3 Å².